The maximum absolute atomic E-state index is 12.8. The number of likely N-dealkylation sites (N-methyl/N-ethyl adjacent to an activating group) is 1. The number of hydrogen-bond donors (Lipinski definition) is 1. The van der Waals surface area contributed by atoms with Crippen molar-refractivity contribution in [2.24, 2.45) is 0 Å². The number of aromatic nitrogens is 1. The molecule has 140 valence electrons. The van der Waals surface area contributed by atoms with Gasteiger partial charge in [-0.2, -0.15) is 13.2 Å². The zero-order chi connectivity index (χ0) is 19.4. The van der Waals surface area contributed by atoms with Crippen molar-refractivity contribution in [2.75, 3.05) is 13.1 Å². The van der Waals surface area contributed by atoms with E-state index in [0.717, 1.165) is 12.3 Å². The number of pyridine rings is 1. The largest absolute Gasteiger partial charge is 0.421 e. The van der Waals surface area contributed by atoms with Gasteiger partial charge >= 0.3 is 6.18 Å². The van der Waals surface area contributed by atoms with Crippen LogP contribution in [0.3, 0.4) is 0 Å². The normalized spacial score (nSPS) is 12.0. The maximum Gasteiger partial charge on any atom is 0.421 e. The highest BCUT2D eigenvalue weighted by Crippen LogP contribution is 2.25. The molecule has 0 radical (unpaired) electrons. The molecule has 0 unspecified atom stereocenters. The highest BCUT2D eigenvalue weighted by molar-refractivity contribution is 5.85. The van der Waals surface area contributed by atoms with Gasteiger partial charge in [-0.25, -0.2) is 0 Å². The molecule has 0 saturated carbocycles. The van der Waals surface area contributed by atoms with E-state index in [1.54, 1.807) is 27.7 Å². The first-order chi connectivity index (χ1) is 11.3. The Morgan fingerprint density at radius 1 is 1.24 bits per heavy atom. The molecule has 0 saturated heterocycles. The second-order valence-corrected chi connectivity index (χ2v) is 6.56. The molecule has 1 rings (SSSR count). The molecule has 1 N–H and O–H groups in total. The van der Waals surface area contributed by atoms with Gasteiger partial charge in [0.15, 0.2) is 0 Å². The van der Waals surface area contributed by atoms with Gasteiger partial charge in [-0.1, -0.05) is 0 Å². The standard InChI is InChI=1S/C16H22F3N3O3/c1-5-21(9-12(23)20-15(2,3)4)13(24)10-22-8-6-7-11(14(22)25)16(17,18)19/h6-8H,5,9-10H2,1-4H3,(H,20,23). The number of hydrogen-bond acceptors (Lipinski definition) is 3. The molecule has 1 aromatic heterocycles. The van der Waals surface area contributed by atoms with E-state index in [1.807, 2.05) is 0 Å². The average molecular weight is 361 g/mol. The molecule has 0 bridgehead atoms. The van der Waals surface area contributed by atoms with Crippen molar-refractivity contribution in [1.29, 1.82) is 0 Å². The van der Waals surface area contributed by atoms with Gasteiger partial charge in [0.25, 0.3) is 5.56 Å². The van der Waals surface area contributed by atoms with E-state index in [4.69, 9.17) is 0 Å². The fourth-order valence-corrected chi connectivity index (χ4v) is 2.13. The van der Waals surface area contributed by atoms with Crippen molar-refractivity contribution in [2.45, 2.75) is 46.0 Å². The third-order valence-corrected chi connectivity index (χ3v) is 3.21. The minimum Gasteiger partial charge on any atom is -0.350 e. The third kappa shape index (κ3) is 6.24. The number of carbonyl (C=O) groups is 2. The first-order valence-corrected chi connectivity index (χ1v) is 7.70. The third-order valence-electron chi connectivity index (χ3n) is 3.21. The van der Waals surface area contributed by atoms with Gasteiger partial charge in [-0.05, 0) is 39.8 Å². The molecule has 0 aliphatic carbocycles. The Bertz CT molecular complexity index is 690. The molecule has 0 aliphatic heterocycles. The Morgan fingerprint density at radius 3 is 2.32 bits per heavy atom. The minimum atomic E-state index is -4.79. The number of rotatable bonds is 5. The molecule has 0 aliphatic rings. The fourth-order valence-electron chi connectivity index (χ4n) is 2.13. The van der Waals surface area contributed by atoms with Gasteiger partial charge in [0.05, 0.1) is 6.54 Å². The van der Waals surface area contributed by atoms with Gasteiger partial charge < -0.3 is 14.8 Å². The SMILES string of the molecule is CCN(CC(=O)NC(C)(C)C)C(=O)Cn1cccc(C(F)(F)F)c1=O. The highest BCUT2D eigenvalue weighted by Gasteiger charge is 2.34. The zero-order valence-corrected chi connectivity index (χ0v) is 14.6. The van der Waals surface area contributed by atoms with Crippen LogP contribution in [0.15, 0.2) is 23.1 Å². The van der Waals surface area contributed by atoms with Crippen LogP contribution < -0.4 is 10.9 Å². The second-order valence-electron chi connectivity index (χ2n) is 6.56. The topological polar surface area (TPSA) is 71.4 Å². The summed E-state index contributed by atoms with van der Waals surface area (Å²) >= 11 is 0. The Hall–Kier alpha value is -2.32. The quantitative estimate of drug-likeness (QED) is 0.867. The van der Waals surface area contributed by atoms with Crippen LogP contribution in [0, 0.1) is 0 Å². The van der Waals surface area contributed by atoms with E-state index in [9.17, 15) is 27.6 Å². The van der Waals surface area contributed by atoms with Crippen LogP contribution in [0.5, 0.6) is 0 Å². The predicted octanol–water partition coefficient (Wildman–Crippen LogP) is 1.63. The van der Waals surface area contributed by atoms with Gasteiger partial charge in [0.2, 0.25) is 11.8 Å². The summed E-state index contributed by atoms with van der Waals surface area (Å²) < 4.78 is 39.0. The van der Waals surface area contributed by atoms with Gasteiger partial charge in [-0.3, -0.25) is 14.4 Å². The average Bonchev–Trinajstić information content (AvgIpc) is 2.43. The Balaban J connectivity index is 2.90. The summed E-state index contributed by atoms with van der Waals surface area (Å²) in [7, 11) is 0. The summed E-state index contributed by atoms with van der Waals surface area (Å²) in [6, 6.07) is 1.72. The molecule has 2 amide bonds. The monoisotopic (exact) mass is 361 g/mol. The Labute approximate surface area is 143 Å². The van der Waals surface area contributed by atoms with E-state index in [2.05, 4.69) is 5.32 Å². The fraction of sp³-hybridized carbons (Fsp3) is 0.562. The van der Waals surface area contributed by atoms with Crippen LogP contribution in [0.4, 0.5) is 13.2 Å². The van der Waals surface area contributed by atoms with E-state index < -0.39 is 35.3 Å². The van der Waals surface area contributed by atoms with E-state index in [-0.39, 0.29) is 19.0 Å². The van der Waals surface area contributed by atoms with Gasteiger partial charge in [0.1, 0.15) is 12.1 Å². The van der Waals surface area contributed by atoms with Crippen LogP contribution in [-0.2, 0) is 22.3 Å². The number of amides is 2. The number of halogens is 3. The summed E-state index contributed by atoms with van der Waals surface area (Å²) in [6.07, 6.45) is -3.68. The van der Waals surface area contributed by atoms with E-state index in [1.165, 1.54) is 4.90 Å². The molecule has 9 heteroatoms. The molecule has 0 aromatic carbocycles. The lowest BCUT2D eigenvalue weighted by atomic mass is 10.1. The molecule has 0 atom stereocenters. The lowest BCUT2D eigenvalue weighted by Gasteiger charge is -2.25. The summed E-state index contributed by atoms with van der Waals surface area (Å²) in [6.45, 7) is 6.36. The van der Waals surface area contributed by atoms with Gasteiger partial charge in [-0.15, -0.1) is 0 Å². The predicted molar refractivity (Wildman–Crippen MR) is 85.9 cm³/mol. The number of nitrogens with one attached hydrogen (secondary N) is 1. The zero-order valence-electron chi connectivity index (χ0n) is 14.6. The van der Waals surface area contributed by atoms with Gasteiger partial charge in [0, 0.05) is 18.3 Å². The molecule has 1 aromatic rings. The van der Waals surface area contributed by atoms with Crippen molar-refractivity contribution in [3.63, 3.8) is 0 Å². The lowest BCUT2D eigenvalue weighted by molar-refractivity contribution is -0.140. The van der Waals surface area contributed by atoms with Crippen molar-refractivity contribution >= 4 is 11.8 Å². The van der Waals surface area contributed by atoms with Crippen LogP contribution >= 0.6 is 0 Å². The minimum absolute atomic E-state index is 0.185. The molecule has 1 heterocycles. The van der Waals surface area contributed by atoms with E-state index in [0.29, 0.717) is 10.6 Å². The smallest absolute Gasteiger partial charge is 0.350 e. The highest BCUT2D eigenvalue weighted by atomic mass is 19.4. The first kappa shape index (κ1) is 20.7. The first-order valence-electron chi connectivity index (χ1n) is 7.70. The maximum atomic E-state index is 12.8. The molecule has 0 fully saturated rings. The molecule has 0 spiro atoms. The van der Waals surface area contributed by atoms with Crippen LogP contribution in [-0.4, -0.2) is 39.9 Å². The molecular formula is C16H22F3N3O3. The summed E-state index contributed by atoms with van der Waals surface area (Å²) in [5.74, 6) is -1.01. The summed E-state index contributed by atoms with van der Waals surface area (Å²) in [5.41, 5.74) is -3.10. The number of carbonyl (C=O) groups excluding carboxylic acids is 2. The Kier molecular flexibility index (Phi) is 6.39. The molecule has 25 heavy (non-hydrogen) atoms. The summed E-state index contributed by atoms with van der Waals surface area (Å²) in [4.78, 5) is 37.2. The second kappa shape index (κ2) is 7.71. The summed E-state index contributed by atoms with van der Waals surface area (Å²) in [5, 5.41) is 2.69. The number of nitrogens with zero attached hydrogens (tertiary/aromatic N) is 2. The Morgan fingerprint density at radius 2 is 1.84 bits per heavy atom. The van der Waals surface area contributed by atoms with Crippen molar-refractivity contribution in [3.8, 4) is 0 Å². The molecular weight excluding hydrogens is 339 g/mol. The van der Waals surface area contributed by atoms with Crippen molar-refractivity contribution in [3.05, 3.63) is 34.2 Å². The lowest BCUT2D eigenvalue weighted by Crippen LogP contribution is -2.48. The van der Waals surface area contributed by atoms with Crippen LogP contribution in [0.25, 0.3) is 0 Å². The van der Waals surface area contributed by atoms with E-state index >= 15 is 0 Å². The van der Waals surface area contributed by atoms with Crippen molar-refractivity contribution in [1.82, 2.24) is 14.8 Å². The van der Waals surface area contributed by atoms with Crippen LogP contribution in [0.2, 0.25) is 0 Å². The van der Waals surface area contributed by atoms with Crippen molar-refractivity contribution < 1.29 is 22.8 Å². The molecule has 6 nitrogen and oxygen atoms in total. The van der Waals surface area contributed by atoms with Crippen LogP contribution in [0.1, 0.15) is 33.3 Å². The number of alkyl halides is 3.